The van der Waals surface area contributed by atoms with Crippen LogP contribution in [-0.2, 0) is 0 Å². The number of fused-ring (bicyclic) bond motifs is 3. The van der Waals surface area contributed by atoms with Crippen LogP contribution in [0.3, 0.4) is 0 Å². The molecule has 0 radical (unpaired) electrons. The molecule has 0 saturated heterocycles. The van der Waals surface area contributed by atoms with Gasteiger partial charge in [-0.25, -0.2) is 0 Å². The van der Waals surface area contributed by atoms with Gasteiger partial charge in [-0.15, -0.1) is 0 Å². The van der Waals surface area contributed by atoms with E-state index in [0.717, 1.165) is 16.5 Å². The normalized spacial score (nSPS) is 19.3. The van der Waals surface area contributed by atoms with Crippen LogP contribution < -0.4 is 4.74 Å². The fraction of sp³-hybridized carbons (Fsp3) is 0.154. The molecule has 1 heterocycles. The lowest BCUT2D eigenvalue weighted by Crippen LogP contribution is -2.27. The molecule has 16 heavy (non-hydrogen) atoms. The van der Waals surface area contributed by atoms with Crippen LogP contribution in [0, 0.1) is 0 Å². The molecule has 0 N–H and O–H groups in total. The van der Waals surface area contributed by atoms with Crippen LogP contribution in [0.15, 0.2) is 36.4 Å². The number of rotatable bonds is 0. The van der Waals surface area contributed by atoms with Crippen LogP contribution in [-0.4, -0.2) is 17.2 Å². The second-order valence-electron chi connectivity index (χ2n) is 3.81. The van der Waals surface area contributed by atoms with Gasteiger partial charge in [0.25, 0.3) is 0 Å². The first kappa shape index (κ1) is 9.85. The average molecular weight is 277 g/mol. The summed E-state index contributed by atoms with van der Waals surface area (Å²) in [4.78, 5) is 11.7. The lowest BCUT2D eigenvalue weighted by molar-refractivity contribution is 0.0947. The summed E-state index contributed by atoms with van der Waals surface area (Å²) in [5, 5.41) is 2.11. The molecule has 0 aromatic heterocycles. The summed E-state index contributed by atoms with van der Waals surface area (Å²) >= 11 is 3.31. The van der Waals surface area contributed by atoms with E-state index >= 15 is 0 Å². The maximum atomic E-state index is 11.9. The molecule has 0 saturated carbocycles. The van der Waals surface area contributed by atoms with Crippen LogP contribution in [0.4, 0.5) is 0 Å². The first-order valence-electron chi connectivity index (χ1n) is 5.10. The molecule has 1 aliphatic rings. The van der Waals surface area contributed by atoms with E-state index < -0.39 is 0 Å². The van der Waals surface area contributed by atoms with Gasteiger partial charge in [-0.2, -0.15) is 0 Å². The number of ketones is 1. The van der Waals surface area contributed by atoms with E-state index in [-0.39, 0.29) is 10.6 Å². The van der Waals surface area contributed by atoms with Crippen molar-refractivity contribution >= 4 is 32.5 Å². The third kappa shape index (κ3) is 1.35. The van der Waals surface area contributed by atoms with Crippen LogP contribution in [0.2, 0.25) is 0 Å². The van der Waals surface area contributed by atoms with Crippen LogP contribution in [0.1, 0.15) is 10.4 Å². The van der Waals surface area contributed by atoms with E-state index in [1.54, 1.807) is 0 Å². The lowest BCUT2D eigenvalue weighted by atomic mass is 9.99. The third-order valence-electron chi connectivity index (χ3n) is 2.80. The zero-order valence-corrected chi connectivity index (χ0v) is 10.0. The van der Waals surface area contributed by atoms with Gasteiger partial charge in [0.05, 0.1) is 5.56 Å². The highest BCUT2D eigenvalue weighted by molar-refractivity contribution is 9.10. The summed E-state index contributed by atoms with van der Waals surface area (Å²) in [6.07, 6.45) is 0. The predicted octanol–water partition coefficient (Wildman–Crippen LogP) is 3.18. The first-order valence-corrected chi connectivity index (χ1v) is 6.02. The first-order chi connectivity index (χ1) is 7.77. The molecule has 1 aliphatic heterocycles. The van der Waals surface area contributed by atoms with E-state index in [9.17, 15) is 4.79 Å². The molecule has 3 heteroatoms. The van der Waals surface area contributed by atoms with Crippen molar-refractivity contribution in [2.45, 2.75) is 4.83 Å². The lowest BCUT2D eigenvalue weighted by Gasteiger charge is -2.21. The van der Waals surface area contributed by atoms with Crippen molar-refractivity contribution in [2.24, 2.45) is 0 Å². The smallest absolute Gasteiger partial charge is 0.183 e. The van der Waals surface area contributed by atoms with Gasteiger partial charge >= 0.3 is 0 Å². The van der Waals surface area contributed by atoms with E-state index in [1.165, 1.54) is 0 Å². The van der Waals surface area contributed by atoms with E-state index in [2.05, 4.69) is 15.9 Å². The number of benzene rings is 2. The van der Waals surface area contributed by atoms with Crippen molar-refractivity contribution in [3.05, 3.63) is 42.0 Å². The largest absolute Gasteiger partial charge is 0.491 e. The summed E-state index contributed by atoms with van der Waals surface area (Å²) in [6.45, 7) is 0.403. The van der Waals surface area contributed by atoms with Gasteiger partial charge in [-0.3, -0.25) is 4.79 Å². The van der Waals surface area contributed by atoms with Crippen molar-refractivity contribution in [1.29, 1.82) is 0 Å². The molecule has 2 aromatic carbocycles. The van der Waals surface area contributed by atoms with Crippen molar-refractivity contribution in [2.75, 3.05) is 6.61 Å². The monoisotopic (exact) mass is 276 g/mol. The molecule has 2 nitrogen and oxygen atoms in total. The van der Waals surface area contributed by atoms with Gasteiger partial charge in [0.15, 0.2) is 5.78 Å². The molecule has 0 spiro atoms. The van der Waals surface area contributed by atoms with Gasteiger partial charge in [0.2, 0.25) is 0 Å². The number of alkyl halides is 1. The minimum atomic E-state index is -0.221. The molecular formula is C13H9BrO2. The number of halogens is 1. The van der Waals surface area contributed by atoms with Gasteiger partial charge in [0.1, 0.15) is 17.2 Å². The average Bonchev–Trinajstić information content (AvgIpc) is 2.33. The van der Waals surface area contributed by atoms with E-state index in [0.29, 0.717) is 12.2 Å². The molecule has 0 fully saturated rings. The molecule has 1 atom stereocenters. The Bertz CT molecular complexity index is 577. The summed E-state index contributed by atoms with van der Waals surface area (Å²) in [7, 11) is 0. The Morgan fingerprint density at radius 1 is 1.19 bits per heavy atom. The highest BCUT2D eigenvalue weighted by atomic mass is 79.9. The number of Topliss-reactive ketones (excluding diaryl/α,β-unsaturated/α-hetero) is 1. The standard InChI is InChI=1S/C13H9BrO2/c14-11-7-16-13-9-4-2-1-3-8(9)5-6-10(13)12(11)15/h1-6,11H,7H2. The second kappa shape index (κ2) is 3.59. The number of hydrogen-bond acceptors (Lipinski definition) is 2. The van der Waals surface area contributed by atoms with Crippen molar-refractivity contribution < 1.29 is 9.53 Å². The molecule has 0 bridgehead atoms. The fourth-order valence-corrected chi connectivity index (χ4v) is 2.37. The Hall–Kier alpha value is -1.35. The molecule has 0 amide bonds. The molecular weight excluding hydrogens is 268 g/mol. The van der Waals surface area contributed by atoms with Crippen molar-refractivity contribution in [1.82, 2.24) is 0 Å². The van der Waals surface area contributed by atoms with Crippen molar-refractivity contribution in [3.63, 3.8) is 0 Å². The van der Waals surface area contributed by atoms with Crippen LogP contribution in [0.5, 0.6) is 5.75 Å². The number of carbonyl (C=O) groups is 1. The summed E-state index contributed by atoms with van der Waals surface area (Å²) in [5.74, 6) is 0.825. The summed E-state index contributed by atoms with van der Waals surface area (Å²) in [6, 6.07) is 11.7. The molecule has 2 aromatic rings. The molecule has 80 valence electrons. The zero-order valence-electron chi connectivity index (χ0n) is 8.44. The van der Waals surface area contributed by atoms with Gasteiger partial charge < -0.3 is 4.74 Å². The number of hydrogen-bond donors (Lipinski definition) is 0. The minimum Gasteiger partial charge on any atom is -0.491 e. The summed E-state index contributed by atoms with van der Waals surface area (Å²) < 4.78 is 5.65. The van der Waals surface area contributed by atoms with Crippen LogP contribution in [0.25, 0.3) is 10.8 Å². The Labute approximate surface area is 101 Å². The molecule has 3 rings (SSSR count). The fourth-order valence-electron chi connectivity index (χ4n) is 1.99. The maximum absolute atomic E-state index is 11.9. The van der Waals surface area contributed by atoms with E-state index in [1.807, 2.05) is 36.4 Å². The summed E-state index contributed by atoms with van der Waals surface area (Å²) in [5.41, 5.74) is 0.673. The SMILES string of the molecule is O=C1c2ccc3ccccc3c2OCC1Br. The van der Waals surface area contributed by atoms with Gasteiger partial charge in [0, 0.05) is 5.39 Å². The topological polar surface area (TPSA) is 26.3 Å². The van der Waals surface area contributed by atoms with Crippen molar-refractivity contribution in [3.8, 4) is 5.75 Å². The Kier molecular flexibility index (Phi) is 2.21. The number of carbonyl (C=O) groups excluding carboxylic acids is 1. The van der Waals surface area contributed by atoms with Gasteiger partial charge in [-0.1, -0.05) is 46.3 Å². The highest BCUT2D eigenvalue weighted by Crippen LogP contribution is 2.34. The highest BCUT2D eigenvalue weighted by Gasteiger charge is 2.27. The quantitative estimate of drug-likeness (QED) is 0.691. The van der Waals surface area contributed by atoms with Crippen LogP contribution >= 0.6 is 15.9 Å². The van der Waals surface area contributed by atoms with Gasteiger partial charge in [-0.05, 0) is 11.5 Å². The Balaban J connectivity index is 2.32. The predicted molar refractivity (Wildman–Crippen MR) is 66.5 cm³/mol. The third-order valence-corrected chi connectivity index (χ3v) is 3.48. The molecule has 0 aliphatic carbocycles. The molecule has 1 unspecified atom stereocenters. The van der Waals surface area contributed by atoms with E-state index in [4.69, 9.17) is 4.74 Å². The second-order valence-corrected chi connectivity index (χ2v) is 4.91. The Morgan fingerprint density at radius 3 is 2.88 bits per heavy atom. The number of ether oxygens (including phenoxy) is 1. The zero-order chi connectivity index (χ0) is 11.1. The maximum Gasteiger partial charge on any atom is 0.183 e. The minimum absolute atomic E-state index is 0.104. The Morgan fingerprint density at radius 2 is 2.00 bits per heavy atom.